The zero-order valence-corrected chi connectivity index (χ0v) is 12.7. The third-order valence-electron chi connectivity index (χ3n) is 3.12. The van der Waals surface area contributed by atoms with Gasteiger partial charge in [-0.25, -0.2) is 4.39 Å². The van der Waals surface area contributed by atoms with Crippen molar-refractivity contribution in [3.05, 3.63) is 52.3 Å². The number of rotatable bonds is 2. The molecule has 0 bridgehead atoms. The molecule has 21 heavy (non-hydrogen) atoms. The summed E-state index contributed by atoms with van der Waals surface area (Å²) in [6.45, 7) is 1.92. The van der Waals surface area contributed by atoms with Gasteiger partial charge in [0.15, 0.2) is 0 Å². The number of aromatic nitrogens is 2. The van der Waals surface area contributed by atoms with Crippen LogP contribution in [0.15, 0.2) is 45.4 Å². The minimum Gasteiger partial charge on any atom is -0.398 e. The van der Waals surface area contributed by atoms with Crippen molar-refractivity contribution in [3.63, 3.8) is 0 Å². The van der Waals surface area contributed by atoms with Gasteiger partial charge in [0, 0.05) is 11.3 Å². The number of aryl methyl sites for hydroxylation is 1. The quantitative estimate of drug-likeness (QED) is 0.705. The van der Waals surface area contributed by atoms with Crippen LogP contribution < -0.4 is 5.73 Å². The average Bonchev–Trinajstić information content (AvgIpc) is 2.91. The minimum atomic E-state index is -0.342. The van der Waals surface area contributed by atoms with Crippen molar-refractivity contribution < 1.29 is 8.91 Å². The molecular formula is C15H11BrFN3O. The lowest BCUT2D eigenvalue weighted by molar-refractivity contribution is 0.432. The fourth-order valence-corrected chi connectivity index (χ4v) is 2.44. The van der Waals surface area contributed by atoms with E-state index in [0.717, 1.165) is 11.1 Å². The van der Waals surface area contributed by atoms with Crippen molar-refractivity contribution in [2.45, 2.75) is 6.92 Å². The molecule has 0 aliphatic carbocycles. The summed E-state index contributed by atoms with van der Waals surface area (Å²) in [6.07, 6.45) is 0. The molecule has 0 saturated heterocycles. The molecule has 4 nitrogen and oxygen atoms in total. The first kappa shape index (κ1) is 13.8. The van der Waals surface area contributed by atoms with Gasteiger partial charge in [0.1, 0.15) is 5.82 Å². The zero-order valence-electron chi connectivity index (χ0n) is 11.1. The molecule has 0 saturated carbocycles. The predicted molar refractivity (Wildman–Crippen MR) is 82.0 cm³/mol. The van der Waals surface area contributed by atoms with Crippen LogP contribution in [0.1, 0.15) is 5.56 Å². The molecule has 3 aromatic rings. The summed E-state index contributed by atoms with van der Waals surface area (Å²) >= 11 is 3.14. The van der Waals surface area contributed by atoms with E-state index in [0.29, 0.717) is 27.4 Å². The van der Waals surface area contributed by atoms with E-state index in [1.807, 2.05) is 19.1 Å². The van der Waals surface area contributed by atoms with Crippen LogP contribution in [0.25, 0.3) is 22.8 Å². The van der Waals surface area contributed by atoms with Crippen LogP contribution in [0.2, 0.25) is 0 Å². The SMILES string of the molecule is Cc1cccc(N)c1-c1nc(-c2ccc(F)c(Br)c2)no1. The summed E-state index contributed by atoms with van der Waals surface area (Å²) in [5, 5.41) is 3.93. The van der Waals surface area contributed by atoms with Crippen LogP contribution in [-0.2, 0) is 0 Å². The van der Waals surface area contributed by atoms with E-state index in [1.165, 1.54) is 6.07 Å². The Labute approximate surface area is 128 Å². The van der Waals surface area contributed by atoms with Gasteiger partial charge in [-0.15, -0.1) is 0 Å². The van der Waals surface area contributed by atoms with Gasteiger partial charge in [-0.2, -0.15) is 4.98 Å². The molecule has 0 aliphatic rings. The summed E-state index contributed by atoms with van der Waals surface area (Å²) < 4.78 is 18.9. The largest absolute Gasteiger partial charge is 0.398 e. The highest BCUT2D eigenvalue weighted by atomic mass is 79.9. The van der Waals surface area contributed by atoms with Crippen molar-refractivity contribution in [3.8, 4) is 22.8 Å². The first-order valence-electron chi connectivity index (χ1n) is 6.21. The van der Waals surface area contributed by atoms with Crippen LogP contribution in [0.4, 0.5) is 10.1 Å². The number of halogens is 2. The van der Waals surface area contributed by atoms with Crippen LogP contribution in [-0.4, -0.2) is 10.1 Å². The molecule has 0 atom stereocenters. The molecular weight excluding hydrogens is 337 g/mol. The lowest BCUT2D eigenvalue weighted by atomic mass is 10.1. The van der Waals surface area contributed by atoms with Gasteiger partial charge in [0.05, 0.1) is 10.0 Å². The molecule has 6 heteroatoms. The Morgan fingerprint density at radius 2 is 2.05 bits per heavy atom. The fraction of sp³-hybridized carbons (Fsp3) is 0.0667. The molecule has 1 heterocycles. The monoisotopic (exact) mass is 347 g/mol. The van der Waals surface area contributed by atoms with Crippen LogP contribution >= 0.6 is 15.9 Å². The molecule has 0 amide bonds. The van der Waals surface area contributed by atoms with E-state index in [9.17, 15) is 4.39 Å². The van der Waals surface area contributed by atoms with Crippen molar-refractivity contribution >= 4 is 21.6 Å². The summed E-state index contributed by atoms with van der Waals surface area (Å²) in [5.74, 6) is 0.389. The number of anilines is 1. The van der Waals surface area contributed by atoms with E-state index in [-0.39, 0.29) is 5.82 Å². The van der Waals surface area contributed by atoms with Crippen molar-refractivity contribution in [2.75, 3.05) is 5.73 Å². The zero-order chi connectivity index (χ0) is 15.0. The van der Waals surface area contributed by atoms with E-state index in [4.69, 9.17) is 10.3 Å². The Kier molecular flexibility index (Phi) is 3.47. The summed E-state index contributed by atoms with van der Waals surface area (Å²) in [6, 6.07) is 10.1. The van der Waals surface area contributed by atoms with E-state index in [1.54, 1.807) is 18.2 Å². The number of hydrogen-bond acceptors (Lipinski definition) is 4. The fourth-order valence-electron chi connectivity index (χ4n) is 2.06. The number of nitrogens with two attached hydrogens (primary N) is 1. The normalized spacial score (nSPS) is 10.8. The second kappa shape index (κ2) is 5.29. The number of benzene rings is 2. The molecule has 2 N–H and O–H groups in total. The highest BCUT2D eigenvalue weighted by molar-refractivity contribution is 9.10. The molecule has 0 unspecified atom stereocenters. The van der Waals surface area contributed by atoms with Crippen LogP contribution in [0, 0.1) is 12.7 Å². The summed E-state index contributed by atoms with van der Waals surface area (Å²) in [7, 11) is 0. The molecule has 0 fully saturated rings. The van der Waals surface area contributed by atoms with Crippen LogP contribution in [0.3, 0.4) is 0 Å². The van der Waals surface area contributed by atoms with Gasteiger partial charge in [0.2, 0.25) is 5.82 Å². The first-order chi connectivity index (χ1) is 10.1. The lowest BCUT2D eigenvalue weighted by Crippen LogP contribution is -1.92. The predicted octanol–water partition coefficient (Wildman–Crippen LogP) is 4.20. The molecule has 2 aromatic carbocycles. The van der Waals surface area contributed by atoms with Crippen LogP contribution in [0.5, 0.6) is 0 Å². The van der Waals surface area contributed by atoms with Crippen molar-refractivity contribution in [1.82, 2.24) is 10.1 Å². The van der Waals surface area contributed by atoms with Gasteiger partial charge in [0.25, 0.3) is 5.89 Å². The Hall–Kier alpha value is -2.21. The van der Waals surface area contributed by atoms with E-state index >= 15 is 0 Å². The second-order valence-corrected chi connectivity index (χ2v) is 5.45. The standard InChI is InChI=1S/C15H11BrFN3O/c1-8-3-2-4-12(18)13(8)15-19-14(20-21-15)9-5-6-11(17)10(16)7-9/h2-7H,18H2,1H3. The summed E-state index contributed by atoms with van der Waals surface area (Å²) in [5.41, 5.74) is 8.86. The Balaban J connectivity index is 2.06. The third kappa shape index (κ3) is 2.54. The maximum Gasteiger partial charge on any atom is 0.260 e. The van der Waals surface area contributed by atoms with Gasteiger partial charge in [-0.1, -0.05) is 17.3 Å². The molecule has 0 aliphatic heterocycles. The average molecular weight is 348 g/mol. The maximum absolute atomic E-state index is 13.3. The second-order valence-electron chi connectivity index (χ2n) is 4.59. The smallest absolute Gasteiger partial charge is 0.260 e. The Morgan fingerprint density at radius 1 is 1.24 bits per heavy atom. The molecule has 3 rings (SSSR count). The third-order valence-corrected chi connectivity index (χ3v) is 3.73. The molecule has 0 radical (unpaired) electrons. The number of hydrogen-bond donors (Lipinski definition) is 1. The Morgan fingerprint density at radius 3 is 2.76 bits per heavy atom. The highest BCUT2D eigenvalue weighted by Gasteiger charge is 2.15. The summed E-state index contributed by atoms with van der Waals surface area (Å²) in [4.78, 5) is 4.34. The van der Waals surface area contributed by atoms with Crippen molar-refractivity contribution in [1.29, 1.82) is 0 Å². The van der Waals surface area contributed by atoms with Crippen molar-refractivity contribution in [2.24, 2.45) is 0 Å². The molecule has 0 spiro atoms. The highest BCUT2D eigenvalue weighted by Crippen LogP contribution is 2.30. The molecule has 1 aromatic heterocycles. The first-order valence-corrected chi connectivity index (χ1v) is 7.00. The van der Waals surface area contributed by atoms with Gasteiger partial charge in [-0.3, -0.25) is 0 Å². The van der Waals surface area contributed by atoms with E-state index in [2.05, 4.69) is 26.1 Å². The van der Waals surface area contributed by atoms with Gasteiger partial charge in [-0.05, 0) is 52.7 Å². The van der Waals surface area contributed by atoms with Gasteiger partial charge >= 0.3 is 0 Å². The maximum atomic E-state index is 13.3. The minimum absolute atomic E-state index is 0.342. The van der Waals surface area contributed by atoms with Gasteiger partial charge < -0.3 is 10.3 Å². The molecule has 106 valence electrons. The topological polar surface area (TPSA) is 64.9 Å². The Bertz CT molecular complexity index is 796. The van der Waals surface area contributed by atoms with E-state index < -0.39 is 0 Å². The number of nitrogen functional groups attached to an aromatic ring is 1. The number of nitrogens with zero attached hydrogens (tertiary/aromatic N) is 2. The lowest BCUT2D eigenvalue weighted by Gasteiger charge is -2.03.